The topological polar surface area (TPSA) is 87.1 Å². The number of rotatable bonds is 2. The van der Waals surface area contributed by atoms with Crippen LogP contribution < -0.4 is 0 Å². The zero-order chi connectivity index (χ0) is 10.3. The number of fused-ring (bicyclic) bond motifs is 1. The van der Waals surface area contributed by atoms with Crippen LogP contribution in [0, 0.1) is 0 Å². The molecule has 2 heterocycles. The van der Waals surface area contributed by atoms with Gasteiger partial charge < -0.3 is 14.9 Å². The number of aliphatic hydroxyl groups excluding tert-OH is 1. The van der Waals surface area contributed by atoms with Crippen molar-refractivity contribution in [2.75, 3.05) is 6.61 Å². The fourth-order valence-corrected chi connectivity index (χ4v) is 1.66. The molecule has 0 bridgehead atoms. The first kappa shape index (κ1) is 13.1. The first-order valence-electron chi connectivity index (χ1n) is 4.16. The Morgan fingerprint density at radius 2 is 2.33 bits per heavy atom. The van der Waals surface area contributed by atoms with Gasteiger partial charge in [0.15, 0.2) is 12.3 Å². The van der Waals surface area contributed by atoms with E-state index in [-0.39, 0.29) is 76.1 Å². The first-order valence-corrected chi connectivity index (χ1v) is 4.16. The van der Waals surface area contributed by atoms with Crippen LogP contribution in [-0.2, 0) is 14.3 Å². The summed E-state index contributed by atoms with van der Waals surface area (Å²) < 4.78 is 5.17. The standard InChI is InChI=1S/C8H9NO5.K/c10-2-1-4-7(8(12)13)9-5(11)3-6(9)14-4;/h1,6-7,10H,2-3H2,(H,12,13);/b4-1-;/t6-,7-;/m1./s1. The maximum absolute atomic E-state index is 11.1. The van der Waals surface area contributed by atoms with Gasteiger partial charge in [-0.05, 0) is 6.08 Å². The van der Waals surface area contributed by atoms with Crippen molar-refractivity contribution >= 4 is 63.3 Å². The van der Waals surface area contributed by atoms with Gasteiger partial charge in [-0.25, -0.2) is 4.79 Å². The Kier molecular flexibility index (Phi) is 4.33. The molecule has 0 aliphatic carbocycles. The zero-order valence-corrected chi connectivity index (χ0v) is 11.3. The number of aliphatic carboxylic acids is 1. The number of carbonyl (C=O) groups is 2. The summed E-state index contributed by atoms with van der Waals surface area (Å²) in [5.41, 5.74) is 0. The van der Waals surface area contributed by atoms with Gasteiger partial charge in [0.1, 0.15) is 5.76 Å². The van der Waals surface area contributed by atoms with Gasteiger partial charge in [-0.3, -0.25) is 9.69 Å². The van der Waals surface area contributed by atoms with E-state index in [1.54, 1.807) is 0 Å². The molecule has 2 fully saturated rings. The van der Waals surface area contributed by atoms with Gasteiger partial charge in [0.25, 0.3) is 0 Å². The number of carboxylic acids is 1. The predicted octanol–water partition coefficient (Wildman–Crippen LogP) is -1.48. The summed E-state index contributed by atoms with van der Waals surface area (Å²) in [4.78, 5) is 23.1. The Morgan fingerprint density at radius 1 is 1.67 bits per heavy atom. The minimum atomic E-state index is -1.14. The van der Waals surface area contributed by atoms with E-state index in [1.807, 2.05) is 0 Å². The van der Waals surface area contributed by atoms with Crippen LogP contribution in [0.5, 0.6) is 0 Å². The molecule has 0 unspecified atom stereocenters. The SMILES string of the molecule is O=C(O)[C@H]1/C(=C/CO)O[C@@H]2CC(=O)N21.[K]. The van der Waals surface area contributed by atoms with Crippen molar-refractivity contribution in [3.8, 4) is 0 Å². The quantitative estimate of drug-likeness (QED) is 0.453. The van der Waals surface area contributed by atoms with E-state index in [9.17, 15) is 9.59 Å². The number of hydrogen-bond donors (Lipinski definition) is 2. The molecule has 0 aromatic heterocycles. The monoisotopic (exact) mass is 238 g/mol. The summed E-state index contributed by atoms with van der Waals surface area (Å²) in [5.74, 6) is -1.22. The Hall–Kier alpha value is 0.0764. The zero-order valence-electron chi connectivity index (χ0n) is 8.21. The van der Waals surface area contributed by atoms with Crippen molar-refractivity contribution in [2.45, 2.75) is 18.7 Å². The van der Waals surface area contributed by atoms with Crippen molar-refractivity contribution in [2.24, 2.45) is 0 Å². The van der Waals surface area contributed by atoms with Gasteiger partial charge >= 0.3 is 5.97 Å². The molecule has 0 spiro atoms. The Balaban J connectivity index is 0.00000112. The molecule has 1 radical (unpaired) electrons. The molecule has 15 heavy (non-hydrogen) atoms. The van der Waals surface area contributed by atoms with Gasteiger partial charge in [0, 0.05) is 51.4 Å². The summed E-state index contributed by atoms with van der Waals surface area (Å²) in [7, 11) is 0. The first-order chi connectivity index (χ1) is 6.65. The summed E-state index contributed by atoms with van der Waals surface area (Å²) in [6, 6.07) is -1.06. The van der Waals surface area contributed by atoms with Gasteiger partial charge in [0.05, 0.1) is 13.0 Å². The maximum atomic E-state index is 11.1. The number of carbonyl (C=O) groups excluding carboxylic acids is 1. The maximum Gasteiger partial charge on any atom is 0.334 e. The molecular formula is C8H9KNO5. The molecule has 2 N–H and O–H groups in total. The van der Waals surface area contributed by atoms with E-state index in [1.165, 1.54) is 11.0 Å². The predicted molar refractivity (Wildman–Crippen MR) is 48.7 cm³/mol. The van der Waals surface area contributed by atoms with E-state index in [0.717, 1.165) is 0 Å². The molecule has 2 aliphatic rings. The normalized spacial score (nSPS) is 30.3. The fraction of sp³-hybridized carbons (Fsp3) is 0.500. The van der Waals surface area contributed by atoms with Crippen LogP contribution in [-0.4, -0.2) is 97.3 Å². The van der Waals surface area contributed by atoms with E-state index in [0.29, 0.717) is 0 Å². The average molecular weight is 238 g/mol. The van der Waals surface area contributed by atoms with Crippen LogP contribution in [0.4, 0.5) is 0 Å². The van der Waals surface area contributed by atoms with E-state index < -0.39 is 18.2 Å². The number of β-lactam (4-membered cyclic amide) rings is 1. The molecule has 2 aliphatic heterocycles. The molecule has 6 nitrogen and oxygen atoms in total. The third-order valence-electron chi connectivity index (χ3n) is 2.29. The molecule has 7 heteroatoms. The third kappa shape index (κ3) is 2.13. The molecule has 77 valence electrons. The summed E-state index contributed by atoms with van der Waals surface area (Å²) in [6.45, 7) is -0.298. The summed E-state index contributed by atoms with van der Waals surface area (Å²) in [5, 5.41) is 17.5. The average Bonchev–Trinajstić information content (AvgIpc) is 2.39. The summed E-state index contributed by atoms with van der Waals surface area (Å²) in [6.07, 6.45) is 1.03. The molecule has 1 amide bonds. The van der Waals surface area contributed by atoms with Crippen LogP contribution >= 0.6 is 0 Å². The van der Waals surface area contributed by atoms with Crippen LogP contribution in [0.1, 0.15) is 6.42 Å². The second-order valence-electron chi connectivity index (χ2n) is 3.11. The molecular weight excluding hydrogens is 229 g/mol. The number of carboxylic acid groups (broad SMARTS) is 1. The minimum Gasteiger partial charge on any atom is -0.479 e. The Bertz CT molecular complexity index is 329. The molecule has 2 atom stereocenters. The van der Waals surface area contributed by atoms with Gasteiger partial charge in [-0.15, -0.1) is 0 Å². The number of aliphatic hydroxyl groups is 1. The molecule has 0 aromatic rings. The van der Waals surface area contributed by atoms with Crippen LogP contribution in [0.2, 0.25) is 0 Å². The van der Waals surface area contributed by atoms with E-state index >= 15 is 0 Å². The number of ether oxygens (including phenoxy) is 1. The smallest absolute Gasteiger partial charge is 0.334 e. The van der Waals surface area contributed by atoms with E-state index in [4.69, 9.17) is 14.9 Å². The van der Waals surface area contributed by atoms with Crippen molar-refractivity contribution < 1.29 is 24.5 Å². The van der Waals surface area contributed by atoms with Gasteiger partial charge in [-0.2, -0.15) is 0 Å². The van der Waals surface area contributed by atoms with E-state index in [2.05, 4.69) is 0 Å². The number of nitrogens with zero attached hydrogens (tertiary/aromatic N) is 1. The third-order valence-corrected chi connectivity index (χ3v) is 2.29. The van der Waals surface area contributed by atoms with Crippen molar-refractivity contribution in [1.82, 2.24) is 4.90 Å². The molecule has 0 aromatic carbocycles. The largest absolute Gasteiger partial charge is 0.479 e. The van der Waals surface area contributed by atoms with Crippen molar-refractivity contribution in [3.63, 3.8) is 0 Å². The molecule has 0 saturated carbocycles. The summed E-state index contributed by atoms with van der Waals surface area (Å²) >= 11 is 0. The molecule has 2 rings (SSSR count). The van der Waals surface area contributed by atoms with Crippen molar-refractivity contribution in [1.29, 1.82) is 0 Å². The van der Waals surface area contributed by atoms with Crippen LogP contribution in [0.3, 0.4) is 0 Å². The van der Waals surface area contributed by atoms with Gasteiger partial charge in [0.2, 0.25) is 5.91 Å². The van der Waals surface area contributed by atoms with Crippen LogP contribution in [0.25, 0.3) is 0 Å². The minimum absolute atomic E-state index is 0. The van der Waals surface area contributed by atoms with Gasteiger partial charge in [-0.1, -0.05) is 0 Å². The fourth-order valence-electron chi connectivity index (χ4n) is 1.66. The number of hydrogen-bond acceptors (Lipinski definition) is 4. The second-order valence-corrected chi connectivity index (χ2v) is 3.11. The second kappa shape index (κ2) is 4.94. The Morgan fingerprint density at radius 3 is 2.80 bits per heavy atom. The van der Waals surface area contributed by atoms with Crippen molar-refractivity contribution in [3.05, 3.63) is 11.8 Å². The molecule has 2 saturated heterocycles. The number of amides is 1. The van der Waals surface area contributed by atoms with Crippen LogP contribution in [0.15, 0.2) is 11.8 Å². The Labute approximate surface area is 128 Å².